The standard InChI is InChI=1S/C20H23N5O5S/c1-14-2-6-16(7-3-14)22-12-18(26)23-24-20(28)15-4-8-17(9-5-15)31(29,30)25-11-10-21-19(27)13-25/h2-9,22H,10-13H2,1H3,(H,21,27)(H,23,26)(H,24,28). The van der Waals surface area contributed by atoms with Crippen LogP contribution in [0.25, 0.3) is 0 Å². The van der Waals surface area contributed by atoms with E-state index in [2.05, 4.69) is 21.5 Å². The number of sulfonamides is 1. The van der Waals surface area contributed by atoms with Gasteiger partial charge in [-0.2, -0.15) is 4.31 Å². The average molecular weight is 446 g/mol. The Morgan fingerprint density at radius 1 is 1.03 bits per heavy atom. The van der Waals surface area contributed by atoms with Crippen LogP contribution in [0, 0.1) is 6.92 Å². The number of rotatable bonds is 6. The van der Waals surface area contributed by atoms with Gasteiger partial charge in [-0.3, -0.25) is 25.2 Å². The first-order valence-electron chi connectivity index (χ1n) is 9.52. The number of carbonyl (C=O) groups is 3. The molecule has 0 unspecified atom stereocenters. The topological polar surface area (TPSA) is 137 Å². The van der Waals surface area contributed by atoms with Crippen molar-refractivity contribution < 1.29 is 22.8 Å². The van der Waals surface area contributed by atoms with Crippen molar-refractivity contribution in [2.75, 3.05) is 31.5 Å². The molecule has 10 nitrogen and oxygen atoms in total. The Labute approximate surface area is 180 Å². The fraction of sp³-hybridized carbons (Fsp3) is 0.250. The normalized spacial score (nSPS) is 14.4. The van der Waals surface area contributed by atoms with Crippen LogP contribution in [0.4, 0.5) is 5.69 Å². The summed E-state index contributed by atoms with van der Waals surface area (Å²) in [6, 6.07) is 12.7. The van der Waals surface area contributed by atoms with Crippen molar-refractivity contribution in [3.05, 3.63) is 59.7 Å². The first-order chi connectivity index (χ1) is 14.8. The number of amides is 3. The molecule has 0 saturated carbocycles. The van der Waals surface area contributed by atoms with Crippen LogP contribution >= 0.6 is 0 Å². The van der Waals surface area contributed by atoms with Crippen molar-refractivity contribution >= 4 is 33.4 Å². The van der Waals surface area contributed by atoms with Gasteiger partial charge in [-0.05, 0) is 43.3 Å². The van der Waals surface area contributed by atoms with E-state index in [0.717, 1.165) is 15.6 Å². The van der Waals surface area contributed by atoms with Gasteiger partial charge in [0.1, 0.15) is 0 Å². The second-order valence-electron chi connectivity index (χ2n) is 6.93. The maximum Gasteiger partial charge on any atom is 0.269 e. The quantitative estimate of drug-likeness (QED) is 0.462. The van der Waals surface area contributed by atoms with E-state index in [0.29, 0.717) is 0 Å². The first-order valence-corrected chi connectivity index (χ1v) is 11.0. The van der Waals surface area contributed by atoms with E-state index in [1.807, 2.05) is 31.2 Å². The molecule has 3 rings (SSSR count). The van der Waals surface area contributed by atoms with Crippen molar-refractivity contribution in [1.29, 1.82) is 0 Å². The minimum Gasteiger partial charge on any atom is -0.376 e. The summed E-state index contributed by atoms with van der Waals surface area (Å²) in [5.41, 5.74) is 6.61. The lowest BCUT2D eigenvalue weighted by molar-refractivity contribution is -0.122. The van der Waals surface area contributed by atoms with Crippen molar-refractivity contribution in [1.82, 2.24) is 20.5 Å². The Morgan fingerprint density at radius 2 is 1.71 bits per heavy atom. The summed E-state index contributed by atoms with van der Waals surface area (Å²) in [5.74, 6) is -1.40. The summed E-state index contributed by atoms with van der Waals surface area (Å²) in [7, 11) is -3.84. The fourth-order valence-corrected chi connectivity index (χ4v) is 4.24. The van der Waals surface area contributed by atoms with E-state index in [-0.39, 0.29) is 42.5 Å². The number of aryl methyl sites for hydroxylation is 1. The summed E-state index contributed by atoms with van der Waals surface area (Å²) in [4.78, 5) is 35.5. The number of piperazine rings is 1. The Kier molecular flexibility index (Phi) is 6.88. The molecule has 0 aliphatic carbocycles. The third kappa shape index (κ3) is 5.80. The molecule has 0 spiro atoms. The Balaban J connectivity index is 1.52. The van der Waals surface area contributed by atoms with Gasteiger partial charge in [-0.15, -0.1) is 0 Å². The van der Waals surface area contributed by atoms with Gasteiger partial charge in [0.05, 0.1) is 18.0 Å². The summed E-state index contributed by atoms with van der Waals surface area (Å²) >= 11 is 0. The van der Waals surface area contributed by atoms with E-state index in [1.54, 1.807) is 0 Å². The van der Waals surface area contributed by atoms with Gasteiger partial charge in [-0.1, -0.05) is 17.7 Å². The summed E-state index contributed by atoms with van der Waals surface area (Å²) in [6.45, 7) is 2.10. The monoisotopic (exact) mass is 445 g/mol. The van der Waals surface area contributed by atoms with E-state index < -0.39 is 21.8 Å². The molecule has 1 aliphatic rings. The Bertz CT molecular complexity index is 1070. The number of hydrazine groups is 1. The van der Waals surface area contributed by atoms with Crippen LogP contribution in [0.15, 0.2) is 53.4 Å². The van der Waals surface area contributed by atoms with Gasteiger partial charge in [0.15, 0.2) is 0 Å². The summed E-state index contributed by atoms with van der Waals surface area (Å²) in [5, 5.41) is 5.50. The van der Waals surface area contributed by atoms with Crippen LogP contribution in [-0.4, -0.2) is 56.6 Å². The van der Waals surface area contributed by atoms with Crippen LogP contribution in [0.3, 0.4) is 0 Å². The van der Waals surface area contributed by atoms with E-state index in [4.69, 9.17) is 0 Å². The maximum atomic E-state index is 12.6. The lowest BCUT2D eigenvalue weighted by Gasteiger charge is -2.25. The third-order valence-electron chi connectivity index (χ3n) is 4.58. The van der Waals surface area contributed by atoms with Gasteiger partial charge in [0, 0.05) is 24.3 Å². The highest BCUT2D eigenvalue weighted by atomic mass is 32.2. The number of anilines is 1. The molecule has 1 fully saturated rings. The predicted molar refractivity (Wildman–Crippen MR) is 113 cm³/mol. The van der Waals surface area contributed by atoms with Crippen LogP contribution in [0.5, 0.6) is 0 Å². The number of benzene rings is 2. The molecule has 1 aliphatic heterocycles. The van der Waals surface area contributed by atoms with Gasteiger partial charge in [-0.25, -0.2) is 8.42 Å². The van der Waals surface area contributed by atoms with Gasteiger partial charge >= 0.3 is 0 Å². The lowest BCUT2D eigenvalue weighted by atomic mass is 10.2. The van der Waals surface area contributed by atoms with Gasteiger partial charge in [0.2, 0.25) is 15.9 Å². The van der Waals surface area contributed by atoms with Crippen molar-refractivity contribution in [2.24, 2.45) is 0 Å². The second kappa shape index (κ2) is 9.58. The first kappa shape index (κ1) is 22.2. The molecule has 164 valence electrons. The Morgan fingerprint density at radius 3 is 2.35 bits per heavy atom. The van der Waals surface area contributed by atoms with Crippen molar-refractivity contribution in [3.63, 3.8) is 0 Å². The zero-order chi connectivity index (χ0) is 22.4. The molecule has 4 N–H and O–H groups in total. The minimum atomic E-state index is -3.84. The molecule has 0 bridgehead atoms. The highest BCUT2D eigenvalue weighted by Gasteiger charge is 2.29. The molecule has 1 heterocycles. The van der Waals surface area contributed by atoms with Gasteiger partial charge in [0.25, 0.3) is 11.8 Å². The van der Waals surface area contributed by atoms with E-state index >= 15 is 0 Å². The SMILES string of the molecule is Cc1ccc(NCC(=O)NNC(=O)c2ccc(S(=O)(=O)N3CCNC(=O)C3)cc2)cc1. The molecule has 1 saturated heterocycles. The summed E-state index contributed by atoms with van der Waals surface area (Å²) < 4.78 is 26.3. The predicted octanol–water partition coefficient (Wildman–Crippen LogP) is -0.0114. The number of hydrogen-bond acceptors (Lipinski definition) is 6. The summed E-state index contributed by atoms with van der Waals surface area (Å²) in [6.07, 6.45) is 0. The molecule has 2 aromatic carbocycles. The zero-order valence-corrected chi connectivity index (χ0v) is 17.7. The van der Waals surface area contributed by atoms with Crippen LogP contribution < -0.4 is 21.5 Å². The van der Waals surface area contributed by atoms with E-state index in [9.17, 15) is 22.8 Å². The smallest absolute Gasteiger partial charge is 0.269 e. The molecule has 2 aromatic rings. The van der Waals surface area contributed by atoms with Crippen LogP contribution in [0.1, 0.15) is 15.9 Å². The largest absolute Gasteiger partial charge is 0.376 e. The number of hydrogen-bond donors (Lipinski definition) is 4. The maximum absolute atomic E-state index is 12.6. The second-order valence-corrected chi connectivity index (χ2v) is 8.87. The zero-order valence-electron chi connectivity index (χ0n) is 16.8. The third-order valence-corrected chi connectivity index (χ3v) is 6.44. The molecular formula is C20H23N5O5S. The molecule has 31 heavy (non-hydrogen) atoms. The molecule has 11 heteroatoms. The average Bonchev–Trinajstić information content (AvgIpc) is 2.77. The van der Waals surface area contributed by atoms with E-state index in [1.165, 1.54) is 24.3 Å². The highest BCUT2D eigenvalue weighted by Crippen LogP contribution is 2.17. The van der Waals surface area contributed by atoms with Crippen LogP contribution in [-0.2, 0) is 19.6 Å². The number of nitrogens with one attached hydrogen (secondary N) is 4. The molecule has 0 atom stereocenters. The lowest BCUT2D eigenvalue weighted by Crippen LogP contribution is -2.49. The fourth-order valence-electron chi connectivity index (χ4n) is 2.84. The highest BCUT2D eigenvalue weighted by molar-refractivity contribution is 7.89. The Hall–Kier alpha value is -3.44. The number of carbonyl (C=O) groups excluding carboxylic acids is 3. The minimum absolute atomic E-state index is 0.0231. The molecule has 0 aromatic heterocycles. The van der Waals surface area contributed by atoms with Crippen LogP contribution in [0.2, 0.25) is 0 Å². The molecular weight excluding hydrogens is 422 g/mol. The molecule has 0 radical (unpaired) electrons. The van der Waals surface area contributed by atoms with Gasteiger partial charge < -0.3 is 10.6 Å². The van der Waals surface area contributed by atoms with Crippen molar-refractivity contribution in [3.8, 4) is 0 Å². The van der Waals surface area contributed by atoms with Crippen molar-refractivity contribution in [2.45, 2.75) is 11.8 Å². The number of nitrogens with zero attached hydrogens (tertiary/aromatic N) is 1. The molecule has 3 amide bonds.